The normalized spacial score (nSPS) is 10.6. The first-order chi connectivity index (χ1) is 15.6. The number of carbonyl (C=O) groups excluding carboxylic acids is 1. The summed E-state index contributed by atoms with van der Waals surface area (Å²) >= 11 is 0. The van der Waals surface area contributed by atoms with Crippen molar-refractivity contribution in [2.75, 3.05) is 19.0 Å². The number of carbonyl (C=O) groups is 1. The second kappa shape index (κ2) is 9.34. The van der Waals surface area contributed by atoms with Crippen LogP contribution in [0.25, 0.3) is 17.1 Å². The first kappa shape index (κ1) is 21.1. The fraction of sp³-hybridized carbons (Fsp3) is 0.160. The van der Waals surface area contributed by atoms with E-state index in [0.29, 0.717) is 23.9 Å². The summed E-state index contributed by atoms with van der Waals surface area (Å²) < 4.78 is 12.4. The largest absolute Gasteiger partial charge is 0.497 e. The Balaban J connectivity index is 1.72. The van der Waals surface area contributed by atoms with E-state index in [1.165, 1.54) is 0 Å². The van der Waals surface area contributed by atoms with Crippen molar-refractivity contribution in [3.05, 3.63) is 84.2 Å². The van der Waals surface area contributed by atoms with Gasteiger partial charge in [0.15, 0.2) is 5.82 Å². The van der Waals surface area contributed by atoms with Crippen molar-refractivity contribution >= 4 is 11.6 Å². The molecule has 1 amide bonds. The van der Waals surface area contributed by atoms with E-state index >= 15 is 0 Å². The van der Waals surface area contributed by atoms with E-state index in [4.69, 9.17) is 9.47 Å². The van der Waals surface area contributed by atoms with Crippen LogP contribution in [0.2, 0.25) is 0 Å². The highest BCUT2D eigenvalue weighted by molar-refractivity contribution is 6.02. The van der Waals surface area contributed by atoms with Gasteiger partial charge in [0.1, 0.15) is 11.5 Å². The van der Waals surface area contributed by atoms with Crippen molar-refractivity contribution in [3.8, 4) is 28.6 Å². The molecule has 0 bridgehead atoms. The number of rotatable bonds is 7. The molecule has 7 nitrogen and oxygen atoms in total. The van der Waals surface area contributed by atoms with Crippen molar-refractivity contribution in [1.82, 2.24) is 14.8 Å². The highest BCUT2D eigenvalue weighted by Crippen LogP contribution is 2.24. The van der Waals surface area contributed by atoms with Gasteiger partial charge in [0.25, 0.3) is 5.91 Å². The predicted molar refractivity (Wildman–Crippen MR) is 124 cm³/mol. The van der Waals surface area contributed by atoms with Crippen LogP contribution in [0, 0.1) is 6.92 Å². The lowest BCUT2D eigenvalue weighted by Gasteiger charge is -2.08. The lowest BCUT2D eigenvalue weighted by molar-refractivity contribution is 0.101. The van der Waals surface area contributed by atoms with E-state index in [1.54, 1.807) is 30.0 Å². The van der Waals surface area contributed by atoms with Gasteiger partial charge >= 0.3 is 0 Å². The summed E-state index contributed by atoms with van der Waals surface area (Å²) in [7, 11) is 1.58. The lowest BCUT2D eigenvalue weighted by atomic mass is 10.1. The van der Waals surface area contributed by atoms with Crippen LogP contribution in [-0.4, -0.2) is 34.4 Å². The summed E-state index contributed by atoms with van der Waals surface area (Å²) in [6, 6.07) is 22.6. The van der Waals surface area contributed by atoms with Gasteiger partial charge in [-0.15, -0.1) is 5.10 Å². The number of amides is 1. The molecule has 0 unspecified atom stereocenters. The van der Waals surface area contributed by atoms with Crippen LogP contribution < -0.4 is 14.8 Å². The van der Waals surface area contributed by atoms with Crippen molar-refractivity contribution in [1.29, 1.82) is 0 Å². The number of ether oxygens (including phenoxy) is 2. The molecule has 32 heavy (non-hydrogen) atoms. The molecular weight excluding hydrogens is 404 g/mol. The molecule has 0 spiro atoms. The zero-order valence-corrected chi connectivity index (χ0v) is 18.2. The second-order valence-electron chi connectivity index (χ2n) is 7.15. The van der Waals surface area contributed by atoms with E-state index in [9.17, 15) is 4.79 Å². The number of nitrogens with zero attached hydrogens (tertiary/aromatic N) is 3. The Labute approximate surface area is 186 Å². The zero-order valence-electron chi connectivity index (χ0n) is 18.2. The third kappa shape index (κ3) is 4.62. The quantitative estimate of drug-likeness (QED) is 0.453. The van der Waals surface area contributed by atoms with E-state index in [1.807, 2.05) is 68.4 Å². The van der Waals surface area contributed by atoms with Gasteiger partial charge in [-0.25, -0.2) is 9.67 Å². The number of hydrogen-bond acceptors (Lipinski definition) is 5. The molecule has 4 aromatic rings. The van der Waals surface area contributed by atoms with Crippen LogP contribution in [0.4, 0.5) is 5.69 Å². The molecule has 3 aromatic carbocycles. The molecule has 0 fully saturated rings. The molecule has 162 valence electrons. The van der Waals surface area contributed by atoms with Gasteiger partial charge in [-0.3, -0.25) is 4.79 Å². The molecule has 1 heterocycles. The molecule has 0 aliphatic heterocycles. The van der Waals surface area contributed by atoms with E-state index in [2.05, 4.69) is 15.4 Å². The first-order valence-electron chi connectivity index (χ1n) is 10.3. The minimum atomic E-state index is -0.406. The van der Waals surface area contributed by atoms with Crippen molar-refractivity contribution in [2.45, 2.75) is 13.8 Å². The summed E-state index contributed by atoms with van der Waals surface area (Å²) in [5, 5.41) is 7.36. The average molecular weight is 428 g/mol. The maximum Gasteiger partial charge on any atom is 0.295 e. The second-order valence-corrected chi connectivity index (χ2v) is 7.15. The van der Waals surface area contributed by atoms with Gasteiger partial charge < -0.3 is 14.8 Å². The van der Waals surface area contributed by atoms with Crippen LogP contribution in [0.15, 0.2) is 72.8 Å². The number of aryl methyl sites for hydroxylation is 1. The predicted octanol–water partition coefficient (Wildman–Crippen LogP) is 4.90. The fourth-order valence-corrected chi connectivity index (χ4v) is 3.30. The Morgan fingerprint density at radius 1 is 1.00 bits per heavy atom. The zero-order chi connectivity index (χ0) is 22.5. The van der Waals surface area contributed by atoms with E-state index in [0.717, 1.165) is 22.6 Å². The molecule has 1 aromatic heterocycles. The van der Waals surface area contributed by atoms with Crippen molar-refractivity contribution in [3.63, 3.8) is 0 Å². The third-order valence-electron chi connectivity index (χ3n) is 4.81. The van der Waals surface area contributed by atoms with Gasteiger partial charge in [0, 0.05) is 17.3 Å². The van der Waals surface area contributed by atoms with E-state index < -0.39 is 5.91 Å². The molecule has 0 saturated carbocycles. The Morgan fingerprint density at radius 2 is 1.78 bits per heavy atom. The van der Waals surface area contributed by atoms with Crippen LogP contribution in [0.1, 0.15) is 23.1 Å². The molecule has 0 radical (unpaired) electrons. The van der Waals surface area contributed by atoms with Gasteiger partial charge in [-0.1, -0.05) is 29.8 Å². The Bertz CT molecular complexity index is 1230. The molecule has 0 aliphatic carbocycles. The summed E-state index contributed by atoms with van der Waals surface area (Å²) in [5.41, 5.74) is 3.33. The van der Waals surface area contributed by atoms with Crippen LogP contribution >= 0.6 is 0 Å². The minimum Gasteiger partial charge on any atom is -0.497 e. The highest BCUT2D eigenvalue weighted by Gasteiger charge is 2.19. The molecular formula is C25H24N4O3. The number of benzene rings is 3. The van der Waals surface area contributed by atoms with Gasteiger partial charge in [0.2, 0.25) is 5.82 Å². The first-order valence-corrected chi connectivity index (χ1v) is 10.3. The molecule has 0 atom stereocenters. The third-order valence-corrected chi connectivity index (χ3v) is 4.81. The Kier molecular flexibility index (Phi) is 6.17. The molecule has 0 saturated heterocycles. The Hall–Kier alpha value is -4.13. The van der Waals surface area contributed by atoms with Gasteiger partial charge in [-0.05, 0) is 56.3 Å². The fourth-order valence-electron chi connectivity index (χ4n) is 3.30. The monoisotopic (exact) mass is 428 g/mol. The van der Waals surface area contributed by atoms with Crippen LogP contribution in [0.3, 0.4) is 0 Å². The summed E-state index contributed by atoms with van der Waals surface area (Å²) in [6.45, 7) is 4.54. The smallest absolute Gasteiger partial charge is 0.295 e. The van der Waals surface area contributed by atoms with Gasteiger partial charge in [0.05, 0.1) is 19.4 Å². The highest BCUT2D eigenvalue weighted by atomic mass is 16.5. The molecule has 1 N–H and O–H groups in total. The van der Waals surface area contributed by atoms with Crippen molar-refractivity contribution < 1.29 is 14.3 Å². The Morgan fingerprint density at radius 3 is 2.50 bits per heavy atom. The summed E-state index contributed by atoms with van der Waals surface area (Å²) in [6.07, 6.45) is 0. The molecule has 0 aliphatic rings. The topological polar surface area (TPSA) is 78.3 Å². The van der Waals surface area contributed by atoms with Gasteiger partial charge in [-0.2, -0.15) is 0 Å². The SMILES string of the molecule is CCOc1ccc(-n2nc(C(=O)Nc3cccc(OC)c3)nc2-c2cccc(C)c2)cc1. The lowest BCUT2D eigenvalue weighted by Crippen LogP contribution is -2.14. The molecule has 4 rings (SSSR count). The average Bonchev–Trinajstić information content (AvgIpc) is 3.26. The number of hydrogen-bond donors (Lipinski definition) is 1. The number of anilines is 1. The standard InChI is InChI=1S/C25H24N4O3/c1-4-32-21-13-11-20(12-14-21)29-24(18-8-5-7-17(2)15-18)27-23(28-29)25(30)26-19-9-6-10-22(16-19)31-3/h5-16H,4H2,1-3H3,(H,26,30). The van der Waals surface area contributed by atoms with Crippen LogP contribution in [0.5, 0.6) is 11.5 Å². The number of aromatic nitrogens is 3. The van der Waals surface area contributed by atoms with E-state index in [-0.39, 0.29) is 5.82 Å². The number of nitrogens with one attached hydrogen (secondary N) is 1. The summed E-state index contributed by atoms with van der Waals surface area (Å²) in [4.78, 5) is 17.5. The minimum absolute atomic E-state index is 0.0678. The molecule has 7 heteroatoms. The maximum atomic E-state index is 12.9. The maximum absolute atomic E-state index is 12.9. The van der Waals surface area contributed by atoms with Crippen molar-refractivity contribution in [2.24, 2.45) is 0 Å². The van der Waals surface area contributed by atoms with Crippen LogP contribution in [-0.2, 0) is 0 Å². The number of methoxy groups -OCH3 is 1. The summed E-state index contributed by atoms with van der Waals surface area (Å²) in [5.74, 6) is 1.66.